The fraction of sp³-hybridized carbons (Fsp3) is 0.611. The summed E-state index contributed by atoms with van der Waals surface area (Å²) >= 11 is 0. The molecule has 2 heterocycles. The molecule has 0 aromatic heterocycles. The molecule has 2 aliphatic heterocycles. The van der Waals surface area contributed by atoms with Gasteiger partial charge in [0.25, 0.3) is 5.91 Å². The third-order valence-electron chi connectivity index (χ3n) is 5.31. The molecule has 4 rings (SSSR count). The third kappa shape index (κ3) is 2.38. The molecule has 3 aliphatic rings. The van der Waals surface area contributed by atoms with Crippen molar-refractivity contribution in [2.45, 2.75) is 51.6 Å². The second-order valence-electron chi connectivity index (χ2n) is 7.12. The van der Waals surface area contributed by atoms with Gasteiger partial charge in [0.15, 0.2) is 0 Å². The normalized spacial score (nSPS) is 28.3. The van der Waals surface area contributed by atoms with E-state index in [1.807, 2.05) is 0 Å². The van der Waals surface area contributed by atoms with Crippen molar-refractivity contribution in [3.8, 4) is 0 Å². The number of carbonyl (C=O) groups excluding carboxylic acids is 1. The molecular formula is C18H24N2O. The summed E-state index contributed by atoms with van der Waals surface area (Å²) in [5.41, 5.74) is 5.01. The molecular weight excluding hydrogens is 260 g/mol. The minimum Gasteiger partial charge on any atom is -0.345 e. The number of aryl methyl sites for hydroxylation is 1. The molecule has 0 spiro atoms. The largest absolute Gasteiger partial charge is 0.345 e. The van der Waals surface area contributed by atoms with Crippen LogP contribution in [-0.2, 0) is 13.0 Å². The van der Waals surface area contributed by atoms with Gasteiger partial charge in [0.1, 0.15) is 0 Å². The lowest BCUT2D eigenvalue weighted by Gasteiger charge is -2.31. The number of nitrogens with zero attached hydrogens (tertiary/aromatic N) is 1. The van der Waals surface area contributed by atoms with Crippen molar-refractivity contribution in [1.29, 1.82) is 0 Å². The van der Waals surface area contributed by atoms with Crippen molar-refractivity contribution < 1.29 is 4.79 Å². The summed E-state index contributed by atoms with van der Waals surface area (Å²) < 4.78 is 0. The molecule has 1 fully saturated rings. The monoisotopic (exact) mass is 284 g/mol. The van der Waals surface area contributed by atoms with Crippen LogP contribution in [0.25, 0.3) is 0 Å². The van der Waals surface area contributed by atoms with E-state index in [0.717, 1.165) is 30.9 Å². The number of benzene rings is 1. The summed E-state index contributed by atoms with van der Waals surface area (Å²) in [5, 5.41) is 3.15. The van der Waals surface area contributed by atoms with E-state index in [0.29, 0.717) is 6.04 Å². The molecule has 1 N–H and O–H groups in total. The molecule has 21 heavy (non-hydrogen) atoms. The van der Waals surface area contributed by atoms with Gasteiger partial charge in [0, 0.05) is 18.7 Å². The number of amides is 1. The number of piperidine rings is 1. The topological polar surface area (TPSA) is 32.3 Å². The van der Waals surface area contributed by atoms with Crippen LogP contribution < -0.4 is 5.32 Å². The Kier molecular flexibility index (Phi) is 3.26. The quantitative estimate of drug-likeness (QED) is 0.905. The summed E-state index contributed by atoms with van der Waals surface area (Å²) in [6.45, 7) is 5.74. The Hall–Kier alpha value is -1.35. The SMILES string of the molecule is C[C@H]1CCCN(Cc2cc3c4c(c2)C(=O)NC4CCC3)C1. The molecule has 0 bridgehead atoms. The summed E-state index contributed by atoms with van der Waals surface area (Å²) in [6.07, 6.45) is 6.10. The average molecular weight is 284 g/mol. The smallest absolute Gasteiger partial charge is 0.252 e. The van der Waals surface area contributed by atoms with E-state index < -0.39 is 0 Å². The van der Waals surface area contributed by atoms with Crippen molar-refractivity contribution >= 4 is 5.91 Å². The molecule has 1 aromatic rings. The Morgan fingerprint density at radius 3 is 3.05 bits per heavy atom. The first-order valence-electron chi connectivity index (χ1n) is 8.39. The summed E-state index contributed by atoms with van der Waals surface area (Å²) in [4.78, 5) is 14.7. The molecule has 0 radical (unpaired) electrons. The predicted molar refractivity (Wildman–Crippen MR) is 83.3 cm³/mol. The van der Waals surface area contributed by atoms with E-state index in [9.17, 15) is 4.79 Å². The highest BCUT2D eigenvalue weighted by Crippen LogP contribution is 2.37. The molecule has 112 valence electrons. The van der Waals surface area contributed by atoms with Crippen LogP contribution in [0.4, 0.5) is 0 Å². The first-order chi connectivity index (χ1) is 10.2. The van der Waals surface area contributed by atoms with Gasteiger partial charge in [-0.15, -0.1) is 0 Å². The highest BCUT2D eigenvalue weighted by Gasteiger charge is 2.33. The summed E-state index contributed by atoms with van der Waals surface area (Å²) in [7, 11) is 0. The van der Waals surface area contributed by atoms with Crippen LogP contribution in [-0.4, -0.2) is 23.9 Å². The number of hydrogen-bond donors (Lipinski definition) is 1. The van der Waals surface area contributed by atoms with Crippen LogP contribution in [0.2, 0.25) is 0 Å². The second-order valence-corrected chi connectivity index (χ2v) is 7.12. The van der Waals surface area contributed by atoms with Gasteiger partial charge in [-0.05, 0) is 67.3 Å². The van der Waals surface area contributed by atoms with E-state index in [-0.39, 0.29) is 5.91 Å². The van der Waals surface area contributed by atoms with E-state index in [4.69, 9.17) is 0 Å². The maximum Gasteiger partial charge on any atom is 0.252 e. The van der Waals surface area contributed by atoms with Gasteiger partial charge in [0.2, 0.25) is 0 Å². The fourth-order valence-corrected chi connectivity index (χ4v) is 4.39. The van der Waals surface area contributed by atoms with Crippen molar-refractivity contribution in [2.24, 2.45) is 5.92 Å². The number of rotatable bonds is 2. The maximum absolute atomic E-state index is 12.2. The lowest BCUT2D eigenvalue weighted by molar-refractivity contribution is 0.0954. The van der Waals surface area contributed by atoms with E-state index in [1.54, 1.807) is 0 Å². The number of hydrogen-bond acceptors (Lipinski definition) is 2. The predicted octanol–water partition coefficient (Wildman–Crippen LogP) is 3.04. The van der Waals surface area contributed by atoms with E-state index in [1.165, 1.54) is 49.0 Å². The first-order valence-corrected chi connectivity index (χ1v) is 8.39. The molecule has 1 amide bonds. The second kappa shape index (κ2) is 5.13. The average Bonchev–Trinajstić information content (AvgIpc) is 2.77. The zero-order chi connectivity index (χ0) is 14.4. The fourth-order valence-electron chi connectivity index (χ4n) is 4.39. The van der Waals surface area contributed by atoms with Crippen molar-refractivity contribution in [3.05, 3.63) is 34.4 Å². The van der Waals surface area contributed by atoms with Gasteiger partial charge in [0.05, 0.1) is 6.04 Å². The molecule has 1 aliphatic carbocycles. The van der Waals surface area contributed by atoms with Crippen LogP contribution in [0.1, 0.15) is 65.7 Å². The van der Waals surface area contributed by atoms with Crippen LogP contribution in [0.15, 0.2) is 12.1 Å². The molecule has 3 heteroatoms. The molecule has 2 atom stereocenters. The van der Waals surface area contributed by atoms with Gasteiger partial charge in [-0.2, -0.15) is 0 Å². The number of carbonyl (C=O) groups is 1. The number of likely N-dealkylation sites (tertiary alicyclic amines) is 1. The maximum atomic E-state index is 12.2. The highest BCUT2D eigenvalue weighted by molar-refractivity contribution is 6.00. The molecule has 1 saturated heterocycles. The van der Waals surface area contributed by atoms with Crippen molar-refractivity contribution in [1.82, 2.24) is 10.2 Å². The van der Waals surface area contributed by atoms with Crippen LogP contribution in [0.3, 0.4) is 0 Å². The minimum absolute atomic E-state index is 0.145. The Bertz CT molecular complexity index is 581. The van der Waals surface area contributed by atoms with Gasteiger partial charge in [-0.3, -0.25) is 9.69 Å². The Balaban J connectivity index is 1.62. The highest BCUT2D eigenvalue weighted by atomic mass is 16.2. The van der Waals surface area contributed by atoms with Gasteiger partial charge >= 0.3 is 0 Å². The van der Waals surface area contributed by atoms with Crippen molar-refractivity contribution in [3.63, 3.8) is 0 Å². The summed E-state index contributed by atoms with van der Waals surface area (Å²) in [6, 6.07) is 4.81. The minimum atomic E-state index is 0.145. The van der Waals surface area contributed by atoms with Crippen LogP contribution in [0.5, 0.6) is 0 Å². The zero-order valence-corrected chi connectivity index (χ0v) is 12.8. The Morgan fingerprint density at radius 1 is 1.29 bits per heavy atom. The Morgan fingerprint density at radius 2 is 2.19 bits per heavy atom. The van der Waals surface area contributed by atoms with E-state index >= 15 is 0 Å². The molecule has 0 saturated carbocycles. The molecule has 1 unspecified atom stereocenters. The lowest BCUT2D eigenvalue weighted by atomic mass is 9.85. The molecule has 1 aromatic carbocycles. The van der Waals surface area contributed by atoms with Gasteiger partial charge in [-0.1, -0.05) is 13.0 Å². The van der Waals surface area contributed by atoms with Gasteiger partial charge < -0.3 is 5.32 Å². The van der Waals surface area contributed by atoms with Crippen LogP contribution in [0, 0.1) is 5.92 Å². The first kappa shape index (κ1) is 13.3. The number of nitrogens with one attached hydrogen (secondary N) is 1. The van der Waals surface area contributed by atoms with Crippen LogP contribution >= 0.6 is 0 Å². The standard InChI is InChI=1S/C18H24N2O/c1-12-4-3-7-20(10-12)11-13-8-14-5-2-6-16-17(14)15(9-13)18(21)19-16/h8-9,12,16H,2-7,10-11H2,1H3,(H,19,21)/t12-,16?/m0/s1. The Labute approximate surface area is 126 Å². The zero-order valence-electron chi connectivity index (χ0n) is 12.8. The van der Waals surface area contributed by atoms with Crippen molar-refractivity contribution in [2.75, 3.05) is 13.1 Å². The van der Waals surface area contributed by atoms with Gasteiger partial charge in [-0.25, -0.2) is 0 Å². The third-order valence-corrected chi connectivity index (χ3v) is 5.31. The molecule has 3 nitrogen and oxygen atoms in total. The van der Waals surface area contributed by atoms with E-state index in [2.05, 4.69) is 29.3 Å². The summed E-state index contributed by atoms with van der Waals surface area (Å²) in [5.74, 6) is 0.950. The lowest BCUT2D eigenvalue weighted by Crippen LogP contribution is -2.33.